The van der Waals surface area contributed by atoms with Gasteiger partial charge in [-0.25, -0.2) is 4.79 Å². The third kappa shape index (κ3) is 2.00. The van der Waals surface area contributed by atoms with Gasteiger partial charge in [-0.15, -0.1) is 0 Å². The van der Waals surface area contributed by atoms with Gasteiger partial charge >= 0.3 is 6.09 Å². The number of carbonyl (C=O) groups excluding carboxylic acids is 2. The van der Waals surface area contributed by atoms with E-state index in [4.69, 9.17) is 9.47 Å². The van der Waals surface area contributed by atoms with Crippen LogP contribution in [0.2, 0.25) is 0 Å². The average Bonchev–Trinajstić information content (AvgIpc) is 3.13. The molecule has 5 heteroatoms. The smallest absolute Gasteiger partial charge is 0.414 e. The quantitative estimate of drug-likeness (QED) is 0.794. The zero-order valence-corrected chi connectivity index (χ0v) is 14.4. The van der Waals surface area contributed by atoms with Crippen LogP contribution in [0.15, 0.2) is 30.0 Å². The molecule has 24 heavy (non-hydrogen) atoms. The second-order valence-corrected chi connectivity index (χ2v) is 7.77. The predicted octanol–water partition coefficient (Wildman–Crippen LogP) is 3.28. The molecule has 5 nitrogen and oxygen atoms in total. The summed E-state index contributed by atoms with van der Waals surface area (Å²) in [6.07, 6.45) is 2.21. The van der Waals surface area contributed by atoms with Crippen molar-refractivity contribution in [3.05, 3.63) is 41.1 Å². The largest absolute Gasteiger partial charge is 0.497 e. The van der Waals surface area contributed by atoms with Gasteiger partial charge in [-0.1, -0.05) is 0 Å². The molecule has 2 unspecified atom stereocenters. The lowest BCUT2D eigenvalue weighted by Crippen LogP contribution is -2.37. The van der Waals surface area contributed by atoms with Gasteiger partial charge in [0.15, 0.2) is 5.78 Å². The van der Waals surface area contributed by atoms with Gasteiger partial charge in [0, 0.05) is 29.3 Å². The van der Waals surface area contributed by atoms with Gasteiger partial charge in [-0.05, 0) is 56.9 Å². The number of fused-ring (bicyclic) bond motifs is 1. The fraction of sp³-hybridized carbons (Fsp3) is 0.474. The maximum atomic E-state index is 12.5. The molecule has 1 saturated heterocycles. The van der Waals surface area contributed by atoms with Crippen LogP contribution < -0.4 is 4.74 Å². The van der Waals surface area contributed by atoms with Crippen LogP contribution in [0.3, 0.4) is 0 Å². The van der Waals surface area contributed by atoms with Gasteiger partial charge in [-0.3, -0.25) is 9.69 Å². The topological polar surface area (TPSA) is 55.8 Å². The summed E-state index contributed by atoms with van der Waals surface area (Å²) < 4.78 is 10.8. The molecule has 1 heterocycles. The molecule has 1 spiro atoms. The van der Waals surface area contributed by atoms with Crippen molar-refractivity contribution >= 4 is 11.9 Å². The van der Waals surface area contributed by atoms with Crippen LogP contribution in [-0.2, 0) is 10.2 Å². The summed E-state index contributed by atoms with van der Waals surface area (Å²) >= 11 is 0. The summed E-state index contributed by atoms with van der Waals surface area (Å²) in [5.74, 6) is 1.02. The minimum absolute atomic E-state index is 0.0608. The normalized spacial score (nSPS) is 27.0. The Kier molecular flexibility index (Phi) is 2.93. The number of rotatable bonds is 1. The van der Waals surface area contributed by atoms with E-state index in [0.29, 0.717) is 18.0 Å². The van der Waals surface area contributed by atoms with Gasteiger partial charge < -0.3 is 9.47 Å². The van der Waals surface area contributed by atoms with E-state index >= 15 is 0 Å². The fourth-order valence-electron chi connectivity index (χ4n) is 4.02. The predicted molar refractivity (Wildman–Crippen MR) is 88.1 cm³/mol. The molecule has 4 rings (SSSR count). The van der Waals surface area contributed by atoms with Crippen molar-refractivity contribution in [1.29, 1.82) is 0 Å². The van der Waals surface area contributed by atoms with Crippen LogP contribution in [0.1, 0.15) is 43.1 Å². The third-order valence-corrected chi connectivity index (χ3v) is 5.11. The average molecular weight is 327 g/mol. The molecule has 2 fully saturated rings. The third-order valence-electron chi connectivity index (χ3n) is 5.11. The highest BCUT2D eigenvalue weighted by Gasteiger charge is 2.67. The molecular formula is C19H21NO4. The van der Waals surface area contributed by atoms with Crippen molar-refractivity contribution in [3.63, 3.8) is 0 Å². The van der Waals surface area contributed by atoms with E-state index in [-0.39, 0.29) is 17.3 Å². The maximum absolute atomic E-state index is 12.5. The van der Waals surface area contributed by atoms with Gasteiger partial charge in [-0.2, -0.15) is 0 Å². The maximum Gasteiger partial charge on any atom is 0.414 e. The molecule has 0 aromatic heterocycles. The molecule has 1 aromatic carbocycles. The number of methoxy groups -OCH3 is 1. The zero-order valence-electron chi connectivity index (χ0n) is 14.4. The van der Waals surface area contributed by atoms with Crippen LogP contribution in [0.5, 0.6) is 5.75 Å². The van der Waals surface area contributed by atoms with Crippen LogP contribution in [0.4, 0.5) is 4.79 Å². The fourth-order valence-corrected chi connectivity index (χ4v) is 4.02. The summed E-state index contributed by atoms with van der Waals surface area (Å²) in [5, 5.41) is 0. The van der Waals surface area contributed by atoms with E-state index in [9.17, 15) is 9.59 Å². The molecule has 2 aliphatic carbocycles. The van der Waals surface area contributed by atoms with Crippen molar-refractivity contribution in [2.24, 2.45) is 5.92 Å². The number of hydrogen-bond acceptors (Lipinski definition) is 4. The molecule has 126 valence electrons. The van der Waals surface area contributed by atoms with Gasteiger partial charge in [0.05, 0.1) is 7.11 Å². The Morgan fingerprint density at radius 3 is 2.75 bits per heavy atom. The number of ether oxygens (including phenoxy) is 2. The van der Waals surface area contributed by atoms with Gasteiger partial charge in [0.2, 0.25) is 0 Å². The Hall–Kier alpha value is -2.30. The van der Waals surface area contributed by atoms with Crippen LogP contribution in [0.25, 0.3) is 0 Å². The monoisotopic (exact) mass is 327 g/mol. The summed E-state index contributed by atoms with van der Waals surface area (Å²) in [4.78, 5) is 26.7. The molecular weight excluding hydrogens is 306 g/mol. The number of hydrogen-bond donors (Lipinski definition) is 0. The number of allylic oxidation sites excluding steroid dienone is 2. The highest BCUT2D eigenvalue weighted by molar-refractivity contribution is 6.09. The standard InChI is InChI=1S/C19H21NO4/c1-18(2,3)24-17(22)20-10-11-9-19(11)14-7-12(23-4)5-6-13(14)15(21)8-16(19)20/h5-8,11H,9-10H2,1-4H3. The summed E-state index contributed by atoms with van der Waals surface area (Å²) in [6, 6.07) is 5.58. The Balaban J connectivity index is 1.75. The Morgan fingerprint density at radius 1 is 1.33 bits per heavy atom. The molecule has 3 aliphatic rings. The number of amides is 1. The van der Waals surface area contributed by atoms with Crippen molar-refractivity contribution in [2.45, 2.75) is 38.2 Å². The first-order valence-corrected chi connectivity index (χ1v) is 8.22. The van der Waals surface area contributed by atoms with Crippen LogP contribution in [-0.4, -0.2) is 36.0 Å². The summed E-state index contributed by atoms with van der Waals surface area (Å²) in [5.41, 5.74) is 1.70. The Bertz CT molecular complexity index is 789. The number of likely N-dealkylation sites (tertiary alicyclic amines) is 1. The SMILES string of the molecule is COc1ccc2c(c1)C13CC1CN(C(=O)OC(C)(C)C)C3=CC2=O. The first-order chi connectivity index (χ1) is 11.3. The first-order valence-electron chi connectivity index (χ1n) is 8.22. The molecule has 1 aromatic rings. The number of ketones is 1. The summed E-state index contributed by atoms with van der Waals surface area (Å²) in [7, 11) is 1.62. The number of piperidine rings is 1. The Labute approximate surface area is 141 Å². The van der Waals surface area contributed by atoms with Gasteiger partial charge in [0.25, 0.3) is 0 Å². The van der Waals surface area contributed by atoms with Gasteiger partial charge in [0.1, 0.15) is 11.4 Å². The second-order valence-electron chi connectivity index (χ2n) is 7.77. The van der Waals surface area contributed by atoms with Crippen LogP contribution >= 0.6 is 0 Å². The summed E-state index contributed by atoms with van der Waals surface area (Å²) in [6.45, 7) is 6.14. The van der Waals surface area contributed by atoms with E-state index in [1.54, 1.807) is 18.1 Å². The van der Waals surface area contributed by atoms with E-state index in [0.717, 1.165) is 23.4 Å². The molecule has 1 aliphatic heterocycles. The highest BCUT2D eigenvalue weighted by atomic mass is 16.6. The lowest BCUT2D eigenvalue weighted by atomic mass is 9.81. The molecule has 0 radical (unpaired) electrons. The number of benzene rings is 1. The number of carbonyl (C=O) groups is 2. The zero-order chi connectivity index (χ0) is 17.3. The second kappa shape index (κ2) is 4.62. The van der Waals surface area contributed by atoms with Crippen molar-refractivity contribution in [2.75, 3.05) is 13.7 Å². The van der Waals surface area contributed by atoms with E-state index in [1.165, 1.54) is 0 Å². The molecule has 0 N–H and O–H groups in total. The molecule has 0 bridgehead atoms. The van der Waals surface area contributed by atoms with Crippen molar-refractivity contribution in [1.82, 2.24) is 4.90 Å². The molecule has 1 amide bonds. The minimum atomic E-state index is -0.558. The lowest BCUT2D eigenvalue weighted by molar-refractivity contribution is 0.0322. The molecule has 2 atom stereocenters. The molecule has 1 saturated carbocycles. The Morgan fingerprint density at radius 2 is 2.08 bits per heavy atom. The lowest BCUT2D eigenvalue weighted by Gasteiger charge is -2.31. The first kappa shape index (κ1) is 15.2. The number of nitrogens with zero attached hydrogens (tertiary/aromatic N) is 1. The van der Waals surface area contributed by atoms with Crippen molar-refractivity contribution < 1.29 is 19.1 Å². The van der Waals surface area contributed by atoms with E-state index in [1.807, 2.05) is 39.0 Å². The van der Waals surface area contributed by atoms with E-state index < -0.39 is 5.60 Å². The van der Waals surface area contributed by atoms with Crippen molar-refractivity contribution in [3.8, 4) is 5.75 Å². The van der Waals surface area contributed by atoms with E-state index in [2.05, 4.69) is 0 Å². The van der Waals surface area contributed by atoms with Crippen LogP contribution in [0, 0.1) is 5.92 Å². The highest BCUT2D eigenvalue weighted by Crippen LogP contribution is 2.66. The minimum Gasteiger partial charge on any atom is -0.497 e.